The van der Waals surface area contributed by atoms with Gasteiger partial charge in [-0.15, -0.1) is 0 Å². The maximum atomic E-state index is 14.2. The number of ether oxygens (including phenoxy) is 2. The van der Waals surface area contributed by atoms with Crippen LogP contribution in [0.3, 0.4) is 0 Å². The van der Waals surface area contributed by atoms with Gasteiger partial charge in [0.15, 0.2) is 12.4 Å². The van der Waals surface area contributed by atoms with Crippen LogP contribution in [0.15, 0.2) is 37.1 Å². The standard InChI is InChI=1S/C41H49F3N8O3/c1-4-32(53)50-21-39(22-50)12-15-49(16-13-39)37-29-19-28(27-8-9-27)34(33-26(2)7-10-31-30(33)20-45-48-31)36(55-25-41(42,43)44)35(29)46-38(47-37)51-23-40(24-51)11-5-6-14-52(40)17-18-54-3/h4,7,10,19-20,27H,1,5-6,8-9,11-18,21-25H2,2-3H3,(H,45,48). The minimum Gasteiger partial charge on any atom is -0.481 e. The summed E-state index contributed by atoms with van der Waals surface area (Å²) < 4.78 is 54.0. The van der Waals surface area contributed by atoms with E-state index in [2.05, 4.69) is 37.5 Å². The molecule has 6 heterocycles. The highest BCUT2D eigenvalue weighted by atomic mass is 19.4. The maximum Gasteiger partial charge on any atom is 0.422 e. The first kappa shape index (κ1) is 36.2. The molecule has 11 nitrogen and oxygen atoms in total. The van der Waals surface area contributed by atoms with Gasteiger partial charge in [0, 0.05) is 74.7 Å². The second kappa shape index (κ2) is 13.6. The minimum atomic E-state index is -4.56. The number of rotatable bonds is 10. The molecule has 5 aliphatic rings. The fourth-order valence-electron chi connectivity index (χ4n) is 9.76. The molecule has 1 aliphatic carbocycles. The molecule has 2 aromatic carbocycles. The summed E-state index contributed by atoms with van der Waals surface area (Å²) in [6, 6.07) is 6.07. The Morgan fingerprint density at radius 1 is 1.02 bits per heavy atom. The molecule has 1 N–H and O–H groups in total. The Balaban J connectivity index is 1.19. The summed E-state index contributed by atoms with van der Waals surface area (Å²) in [6.07, 6.45) is 5.55. The van der Waals surface area contributed by atoms with Crippen LogP contribution in [0.4, 0.5) is 24.9 Å². The first-order valence-corrected chi connectivity index (χ1v) is 19.7. The Labute approximate surface area is 318 Å². The van der Waals surface area contributed by atoms with Gasteiger partial charge in [-0.2, -0.15) is 23.3 Å². The lowest BCUT2D eigenvalue weighted by atomic mass is 9.72. The number of H-pyrrole nitrogens is 1. The largest absolute Gasteiger partial charge is 0.481 e. The van der Waals surface area contributed by atoms with Crippen molar-refractivity contribution < 1.29 is 27.4 Å². The zero-order valence-electron chi connectivity index (χ0n) is 31.7. The number of nitrogens with zero attached hydrogens (tertiary/aromatic N) is 7. The Morgan fingerprint density at radius 2 is 1.80 bits per heavy atom. The third-order valence-electron chi connectivity index (χ3n) is 12.9. The van der Waals surface area contributed by atoms with Gasteiger partial charge in [-0.1, -0.05) is 19.1 Å². The van der Waals surface area contributed by atoms with Gasteiger partial charge in [-0.3, -0.25) is 14.8 Å². The average molecular weight is 759 g/mol. The summed E-state index contributed by atoms with van der Waals surface area (Å²) >= 11 is 0. The lowest BCUT2D eigenvalue weighted by Crippen LogP contribution is -2.72. The van der Waals surface area contributed by atoms with Gasteiger partial charge in [-0.05, 0) is 92.8 Å². The molecule has 0 bridgehead atoms. The molecule has 1 saturated carbocycles. The number of hydrogen-bond acceptors (Lipinski definition) is 9. The van der Waals surface area contributed by atoms with E-state index in [0.717, 1.165) is 105 Å². The van der Waals surface area contributed by atoms with Crippen molar-refractivity contribution >= 4 is 39.5 Å². The summed E-state index contributed by atoms with van der Waals surface area (Å²) in [7, 11) is 1.73. The molecule has 1 amide bonds. The molecule has 5 fully saturated rings. The van der Waals surface area contributed by atoms with Crippen LogP contribution < -0.4 is 14.5 Å². The first-order chi connectivity index (χ1) is 26.5. The predicted octanol–water partition coefficient (Wildman–Crippen LogP) is 6.61. The van der Waals surface area contributed by atoms with Crippen molar-refractivity contribution in [3.8, 4) is 16.9 Å². The fourth-order valence-corrected chi connectivity index (χ4v) is 9.76. The van der Waals surface area contributed by atoms with Crippen molar-refractivity contribution in [1.29, 1.82) is 0 Å². The number of anilines is 2. The number of alkyl halides is 3. The van der Waals surface area contributed by atoms with E-state index < -0.39 is 12.8 Å². The fraction of sp³-hybridized carbons (Fsp3) is 0.561. The first-order valence-electron chi connectivity index (χ1n) is 19.7. The molecule has 0 unspecified atom stereocenters. The number of amides is 1. The lowest BCUT2D eigenvalue weighted by molar-refractivity contribution is -0.153. The molecule has 2 spiro atoms. The topological polar surface area (TPSA) is 103 Å². The Hall–Kier alpha value is -4.43. The highest BCUT2D eigenvalue weighted by Crippen LogP contribution is 2.54. The van der Waals surface area contributed by atoms with Crippen LogP contribution in [0.5, 0.6) is 5.75 Å². The maximum absolute atomic E-state index is 14.2. The number of hydrogen-bond donors (Lipinski definition) is 1. The van der Waals surface area contributed by atoms with Crippen molar-refractivity contribution in [3.63, 3.8) is 0 Å². The van der Waals surface area contributed by atoms with Crippen LogP contribution in [-0.4, -0.2) is 120 Å². The van der Waals surface area contributed by atoms with Gasteiger partial charge in [-0.25, -0.2) is 4.98 Å². The van der Waals surface area contributed by atoms with E-state index in [1.807, 2.05) is 24.0 Å². The number of carbonyl (C=O) groups is 1. The smallest absolute Gasteiger partial charge is 0.422 e. The molecule has 4 aromatic rings. The molecule has 4 aliphatic heterocycles. The zero-order chi connectivity index (χ0) is 38.1. The number of piperidine rings is 2. The van der Waals surface area contributed by atoms with Crippen LogP contribution in [0.25, 0.3) is 32.9 Å². The average Bonchev–Trinajstić information content (AvgIpc) is 3.89. The van der Waals surface area contributed by atoms with E-state index in [0.29, 0.717) is 55.2 Å². The molecular weight excluding hydrogens is 709 g/mol. The van der Waals surface area contributed by atoms with Crippen LogP contribution in [0.2, 0.25) is 0 Å². The second-order valence-electron chi connectivity index (χ2n) is 16.6. The van der Waals surface area contributed by atoms with Crippen LogP contribution in [0.1, 0.15) is 62.0 Å². The van der Waals surface area contributed by atoms with Crippen molar-refractivity contribution in [2.45, 2.75) is 69.5 Å². The molecule has 0 radical (unpaired) electrons. The van der Waals surface area contributed by atoms with Gasteiger partial charge >= 0.3 is 6.18 Å². The summed E-state index contributed by atoms with van der Waals surface area (Å²) in [5.41, 5.74) is 4.59. The zero-order valence-corrected chi connectivity index (χ0v) is 31.7. The van der Waals surface area contributed by atoms with E-state index in [1.54, 1.807) is 13.3 Å². The van der Waals surface area contributed by atoms with E-state index in [1.165, 1.54) is 6.08 Å². The second-order valence-corrected chi connectivity index (χ2v) is 16.6. The molecule has 9 rings (SSSR count). The number of likely N-dealkylation sites (tertiary alicyclic amines) is 2. The molecule has 2 aromatic heterocycles. The highest BCUT2D eigenvalue weighted by molar-refractivity contribution is 6.06. The number of carbonyl (C=O) groups excluding carboxylic acids is 1. The van der Waals surface area contributed by atoms with E-state index in [9.17, 15) is 18.0 Å². The summed E-state index contributed by atoms with van der Waals surface area (Å²) in [5, 5.41) is 8.91. The van der Waals surface area contributed by atoms with Crippen molar-refractivity contribution in [1.82, 2.24) is 30.0 Å². The number of methoxy groups -OCH3 is 1. The van der Waals surface area contributed by atoms with Gasteiger partial charge in [0.25, 0.3) is 0 Å². The quantitative estimate of drug-likeness (QED) is 0.179. The van der Waals surface area contributed by atoms with Crippen molar-refractivity contribution in [2.24, 2.45) is 5.41 Å². The molecule has 14 heteroatoms. The van der Waals surface area contributed by atoms with Gasteiger partial charge < -0.3 is 24.2 Å². The third kappa shape index (κ3) is 6.48. The van der Waals surface area contributed by atoms with Gasteiger partial charge in [0.1, 0.15) is 11.3 Å². The third-order valence-corrected chi connectivity index (χ3v) is 12.9. The predicted molar refractivity (Wildman–Crippen MR) is 206 cm³/mol. The van der Waals surface area contributed by atoms with Crippen molar-refractivity contribution in [3.05, 3.63) is 48.2 Å². The SMILES string of the molecule is C=CC(=O)N1CC2(CCN(c3nc(N4CC5(CCCCN5CCOC)C4)nc4c(OCC(F)(F)F)c(-c5c(C)ccc6[nH]ncc56)c(C5CC5)cc34)CC2)C1. The number of fused-ring (bicyclic) bond motifs is 2. The minimum absolute atomic E-state index is 0.0175. The van der Waals surface area contributed by atoms with Gasteiger partial charge in [0.2, 0.25) is 11.9 Å². The highest BCUT2D eigenvalue weighted by Gasteiger charge is 2.50. The molecule has 292 valence electrons. The molecule has 4 saturated heterocycles. The number of halogens is 3. The number of aromatic amines is 1. The van der Waals surface area contributed by atoms with E-state index in [-0.39, 0.29) is 28.5 Å². The van der Waals surface area contributed by atoms with Gasteiger partial charge in [0.05, 0.1) is 23.9 Å². The monoisotopic (exact) mass is 758 g/mol. The molecule has 0 atom stereocenters. The Bertz CT molecular complexity index is 2130. The number of nitrogens with one attached hydrogen (secondary N) is 1. The van der Waals surface area contributed by atoms with Crippen LogP contribution >= 0.6 is 0 Å². The summed E-state index contributed by atoms with van der Waals surface area (Å²) in [4.78, 5) is 31.7. The molecule has 55 heavy (non-hydrogen) atoms. The summed E-state index contributed by atoms with van der Waals surface area (Å²) in [6.45, 7) is 11.0. The summed E-state index contributed by atoms with van der Waals surface area (Å²) in [5.74, 6) is 1.53. The molecular formula is C41H49F3N8O3. The number of benzene rings is 2. The van der Waals surface area contributed by atoms with Crippen LogP contribution in [-0.2, 0) is 9.53 Å². The number of aryl methyl sites for hydroxylation is 1. The van der Waals surface area contributed by atoms with E-state index in [4.69, 9.17) is 19.4 Å². The Morgan fingerprint density at radius 3 is 2.51 bits per heavy atom. The van der Waals surface area contributed by atoms with Crippen molar-refractivity contribution in [2.75, 3.05) is 82.5 Å². The van der Waals surface area contributed by atoms with E-state index >= 15 is 0 Å². The normalized spacial score (nSPS) is 21.0. The number of aromatic nitrogens is 4. The Kier molecular flexibility index (Phi) is 8.99. The lowest BCUT2D eigenvalue weighted by Gasteiger charge is -2.58. The van der Waals surface area contributed by atoms with Crippen LogP contribution in [0, 0.1) is 12.3 Å².